The van der Waals surface area contributed by atoms with Crippen molar-refractivity contribution in [3.8, 4) is 34.8 Å². The van der Waals surface area contributed by atoms with Crippen LogP contribution in [-0.4, -0.2) is 26.8 Å². The van der Waals surface area contributed by atoms with Crippen LogP contribution in [0.4, 0.5) is 0 Å². The summed E-state index contributed by atoms with van der Waals surface area (Å²) in [5, 5.41) is 10.2. The number of hydrogen-bond acceptors (Lipinski definition) is 8. The van der Waals surface area contributed by atoms with Crippen molar-refractivity contribution in [1.82, 2.24) is 0 Å². The molecule has 3 aromatic rings. The molecule has 0 saturated heterocycles. The zero-order valence-corrected chi connectivity index (χ0v) is 22.7. The molecule has 0 fully saturated rings. The van der Waals surface area contributed by atoms with Crippen LogP contribution in [0.1, 0.15) is 53.6 Å². The largest absolute Gasteiger partial charge is 0.495 e. The first-order valence-electron chi connectivity index (χ1n) is 12.5. The summed E-state index contributed by atoms with van der Waals surface area (Å²) in [5.41, 5.74) is 8.14. The Hall–Kier alpha value is -4.35. The molecule has 4 rings (SSSR count). The summed E-state index contributed by atoms with van der Waals surface area (Å²) >= 11 is 6.14. The lowest BCUT2D eigenvalue weighted by atomic mass is 9.83. The van der Waals surface area contributed by atoms with Crippen LogP contribution in [-0.2, 0) is 0 Å². The van der Waals surface area contributed by atoms with Gasteiger partial charge in [-0.3, -0.25) is 0 Å². The number of methoxy groups -OCH3 is 2. The summed E-state index contributed by atoms with van der Waals surface area (Å²) in [6.45, 7) is 2.72. The van der Waals surface area contributed by atoms with Gasteiger partial charge in [0, 0.05) is 11.6 Å². The maximum Gasteiger partial charge on any atom is 0.343 e. The molecule has 0 amide bonds. The Morgan fingerprint density at radius 1 is 1.03 bits per heavy atom. The molecule has 202 valence electrons. The monoisotopic (exact) mass is 548 g/mol. The number of nitriles is 1. The van der Waals surface area contributed by atoms with Gasteiger partial charge in [-0.1, -0.05) is 43.5 Å². The Bertz CT molecular complexity index is 1450. The lowest BCUT2D eigenvalue weighted by Crippen LogP contribution is -2.21. The minimum Gasteiger partial charge on any atom is -0.495 e. The van der Waals surface area contributed by atoms with Crippen molar-refractivity contribution in [1.29, 1.82) is 5.26 Å². The van der Waals surface area contributed by atoms with Crippen LogP contribution < -0.4 is 29.4 Å². The van der Waals surface area contributed by atoms with E-state index in [0.29, 0.717) is 40.2 Å². The van der Waals surface area contributed by atoms with Gasteiger partial charge in [-0.2, -0.15) is 5.26 Å². The molecule has 9 heteroatoms. The molecule has 8 nitrogen and oxygen atoms in total. The number of esters is 1. The molecule has 0 aromatic heterocycles. The Morgan fingerprint density at radius 2 is 1.79 bits per heavy atom. The summed E-state index contributed by atoms with van der Waals surface area (Å²) in [7, 11) is 3.06. The number of unbranched alkanes of at least 4 members (excludes halogenated alkanes) is 2. The third-order valence-corrected chi connectivity index (χ3v) is 6.61. The van der Waals surface area contributed by atoms with Gasteiger partial charge in [0.05, 0.1) is 37.3 Å². The van der Waals surface area contributed by atoms with Gasteiger partial charge in [0.1, 0.15) is 28.9 Å². The Kier molecular flexibility index (Phi) is 8.84. The molecule has 1 aliphatic heterocycles. The SMILES string of the molecule is CCCCCOc1ccc(C2C(C#N)=C(N)Oc3cc(OC(=O)c4ccc(OC)c(Cl)c4)ccc32)cc1OC. The van der Waals surface area contributed by atoms with E-state index in [-0.39, 0.29) is 22.8 Å². The molecule has 39 heavy (non-hydrogen) atoms. The number of allylic oxidation sites excluding steroid dienone is 1. The maximum absolute atomic E-state index is 12.7. The van der Waals surface area contributed by atoms with Gasteiger partial charge in [-0.25, -0.2) is 4.79 Å². The van der Waals surface area contributed by atoms with Crippen molar-refractivity contribution in [2.45, 2.75) is 32.1 Å². The Balaban J connectivity index is 1.62. The topological polar surface area (TPSA) is 113 Å². The van der Waals surface area contributed by atoms with Gasteiger partial charge in [0.2, 0.25) is 5.88 Å². The van der Waals surface area contributed by atoms with Crippen LogP contribution in [0.15, 0.2) is 66.1 Å². The van der Waals surface area contributed by atoms with Gasteiger partial charge in [0.15, 0.2) is 11.5 Å². The molecule has 0 aliphatic carbocycles. The molecule has 3 aromatic carbocycles. The van der Waals surface area contributed by atoms with Gasteiger partial charge in [-0.15, -0.1) is 0 Å². The number of carbonyl (C=O) groups is 1. The highest BCUT2D eigenvalue weighted by molar-refractivity contribution is 6.32. The highest BCUT2D eigenvalue weighted by Crippen LogP contribution is 2.45. The number of fused-ring (bicyclic) bond motifs is 1. The summed E-state index contributed by atoms with van der Waals surface area (Å²) in [6.07, 6.45) is 3.13. The predicted octanol–water partition coefficient (Wildman–Crippen LogP) is 6.36. The van der Waals surface area contributed by atoms with E-state index in [1.54, 1.807) is 37.4 Å². The second-order valence-electron chi connectivity index (χ2n) is 8.83. The third-order valence-electron chi connectivity index (χ3n) is 6.32. The van der Waals surface area contributed by atoms with Crippen molar-refractivity contribution in [3.63, 3.8) is 0 Å². The molecule has 2 N–H and O–H groups in total. The molecule has 1 atom stereocenters. The van der Waals surface area contributed by atoms with Gasteiger partial charge < -0.3 is 29.4 Å². The highest BCUT2D eigenvalue weighted by Gasteiger charge is 2.32. The fourth-order valence-electron chi connectivity index (χ4n) is 4.32. The molecule has 1 heterocycles. The number of nitrogens with two attached hydrogens (primary N) is 1. The third kappa shape index (κ3) is 6.05. The number of carbonyl (C=O) groups excluding carboxylic acids is 1. The van der Waals surface area contributed by atoms with E-state index in [0.717, 1.165) is 24.8 Å². The Morgan fingerprint density at radius 3 is 2.49 bits per heavy atom. The molecule has 0 radical (unpaired) electrons. The lowest BCUT2D eigenvalue weighted by Gasteiger charge is -2.27. The van der Waals surface area contributed by atoms with E-state index in [9.17, 15) is 10.1 Å². The summed E-state index contributed by atoms with van der Waals surface area (Å²) < 4.78 is 27.9. The fourth-order valence-corrected chi connectivity index (χ4v) is 4.58. The van der Waals surface area contributed by atoms with Crippen molar-refractivity contribution in [2.75, 3.05) is 20.8 Å². The van der Waals surface area contributed by atoms with Crippen molar-refractivity contribution < 1.29 is 28.5 Å². The quantitative estimate of drug-likeness (QED) is 0.177. The first-order valence-corrected chi connectivity index (χ1v) is 12.9. The van der Waals surface area contributed by atoms with Gasteiger partial charge >= 0.3 is 5.97 Å². The number of benzene rings is 3. The average Bonchev–Trinajstić information content (AvgIpc) is 2.94. The van der Waals surface area contributed by atoms with E-state index in [2.05, 4.69) is 13.0 Å². The van der Waals surface area contributed by atoms with E-state index in [4.69, 9.17) is 41.0 Å². The lowest BCUT2D eigenvalue weighted by molar-refractivity contribution is 0.0734. The minimum atomic E-state index is -0.604. The number of ether oxygens (including phenoxy) is 5. The number of halogens is 1. The summed E-state index contributed by atoms with van der Waals surface area (Å²) in [4.78, 5) is 12.7. The van der Waals surface area contributed by atoms with Crippen LogP contribution in [0.3, 0.4) is 0 Å². The van der Waals surface area contributed by atoms with Gasteiger partial charge in [-0.05, 0) is 48.4 Å². The summed E-state index contributed by atoms with van der Waals surface area (Å²) in [6, 6.07) is 17.3. The van der Waals surface area contributed by atoms with Crippen LogP contribution in [0, 0.1) is 11.3 Å². The highest BCUT2D eigenvalue weighted by atomic mass is 35.5. The van der Waals surface area contributed by atoms with E-state index in [1.807, 2.05) is 18.2 Å². The van der Waals surface area contributed by atoms with Crippen molar-refractivity contribution in [2.24, 2.45) is 5.73 Å². The molecule has 0 spiro atoms. The van der Waals surface area contributed by atoms with Crippen molar-refractivity contribution >= 4 is 17.6 Å². The number of hydrogen-bond donors (Lipinski definition) is 1. The van der Waals surface area contributed by atoms with E-state index >= 15 is 0 Å². The zero-order valence-electron chi connectivity index (χ0n) is 22.0. The first kappa shape index (κ1) is 27.7. The van der Waals surface area contributed by atoms with Crippen LogP contribution >= 0.6 is 11.6 Å². The number of nitrogens with zero attached hydrogens (tertiary/aromatic N) is 1. The van der Waals surface area contributed by atoms with Crippen LogP contribution in [0.2, 0.25) is 5.02 Å². The predicted molar refractivity (Wildman–Crippen MR) is 147 cm³/mol. The smallest absolute Gasteiger partial charge is 0.343 e. The Labute approximate surface area is 232 Å². The van der Waals surface area contributed by atoms with E-state index in [1.165, 1.54) is 13.2 Å². The normalized spacial score (nSPS) is 14.1. The average molecular weight is 549 g/mol. The second-order valence-corrected chi connectivity index (χ2v) is 9.24. The molecule has 0 saturated carbocycles. The second kappa shape index (κ2) is 12.5. The fraction of sp³-hybridized carbons (Fsp3) is 0.267. The van der Waals surface area contributed by atoms with Gasteiger partial charge in [0.25, 0.3) is 0 Å². The van der Waals surface area contributed by atoms with E-state index < -0.39 is 11.9 Å². The zero-order chi connectivity index (χ0) is 27.9. The standard InChI is InChI=1S/C30H29ClN2O6/c1-4-5-6-13-37-25-12-7-18(15-27(25)36-3)28-21-10-9-20(16-26(21)39-29(33)22(28)17-32)38-30(34)19-8-11-24(35-2)23(31)14-19/h7-12,14-16,28H,4-6,13,33H2,1-3H3. The molecule has 1 aliphatic rings. The van der Waals surface area contributed by atoms with Crippen LogP contribution in [0.25, 0.3) is 0 Å². The first-order chi connectivity index (χ1) is 18.9. The minimum absolute atomic E-state index is 0.0285. The maximum atomic E-state index is 12.7. The van der Waals surface area contributed by atoms with Crippen molar-refractivity contribution in [3.05, 3.63) is 87.8 Å². The molecule has 0 bridgehead atoms. The summed E-state index contributed by atoms with van der Waals surface area (Å²) in [5.74, 6) is 1.08. The molecule has 1 unspecified atom stereocenters. The molecular weight excluding hydrogens is 520 g/mol. The number of rotatable bonds is 10. The van der Waals surface area contributed by atoms with Crippen LogP contribution in [0.5, 0.6) is 28.7 Å². The molecular formula is C30H29ClN2O6.